The van der Waals surface area contributed by atoms with Crippen LogP contribution in [0.25, 0.3) is 0 Å². The van der Waals surface area contributed by atoms with E-state index in [0.29, 0.717) is 15.6 Å². The molecule has 4 aromatic rings. The van der Waals surface area contributed by atoms with Gasteiger partial charge in [0.15, 0.2) is 17.2 Å². The molecule has 2 saturated heterocycles. The second kappa shape index (κ2) is 27.6. The van der Waals surface area contributed by atoms with E-state index in [2.05, 4.69) is 41.9 Å². The number of ketones is 2. The maximum Gasteiger partial charge on any atom is 0.263 e. The molecule has 0 radical (unpaired) electrons. The van der Waals surface area contributed by atoms with Crippen molar-refractivity contribution in [2.45, 2.75) is 107 Å². The summed E-state index contributed by atoms with van der Waals surface area (Å²) in [6.45, 7) is 8.02. The minimum atomic E-state index is -1.44. The molecular weight excluding hydrogens is 1020 g/mol. The second-order valence-corrected chi connectivity index (χ2v) is 21.0. The van der Waals surface area contributed by atoms with E-state index in [4.69, 9.17) is 28.4 Å². The smallest absolute Gasteiger partial charge is 0.263 e. The Bertz CT molecular complexity index is 2670. The van der Waals surface area contributed by atoms with Gasteiger partial charge in [0.25, 0.3) is 11.8 Å². The van der Waals surface area contributed by atoms with Gasteiger partial charge in [-0.3, -0.25) is 38.4 Å². The molecule has 8 atom stereocenters. The number of aryl methyl sites for hydroxylation is 1. The number of carbonyl (C=O) groups excluding carboxylic acids is 8. The van der Waals surface area contributed by atoms with Gasteiger partial charge in [0.05, 0.1) is 80.2 Å². The van der Waals surface area contributed by atoms with Gasteiger partial charge in [0.1, 0.15) is 39.5 Å². The van der Waals surface area contributed by atoms with Crippen LogP contribution in [0.3, 0.4) is 0 Å². The van der Waals surface area contributed by atoms with Crippen LogP contribution in [-0.2, 0) is 76.5 Å². The zero-order valence-electron chi connectivity index (χ0n) is 43.5. The quantitative estimate of drug-likeness (QED) is 0.0383. The van der Waals surface area contributed by atoms with Crippen LogP contribution in [0.15, 0.2) is 73.1 Å². The van der Waals surface area contributed by atoms with E-state index < -0.39 is 88.7 Å². The molecule has 22 nitrogen and oxygen atoms in total. The summed E-state index contributed by atoms with van der Waals surface area (Å²) in [7, 11) is 2.68. The number of hydrogen-bond donors (Lipinski definition) is 6. The summed E-state index contributed by atoms with van der Waals surface area (Å²) in [5.41, 5.74) is -0.977. The number of nitrogens with zero attached hydrogens (tertiary/aromatic N) is 2. The maximum atomic E-state index is 14.6. The molecule has 24 heteroatoms. The fraction of sp³-hybridized carbons (Fsp3) is 0.500. The van der Waals surface area contributed by atoms with Crippen molar-refractivity contribution in [1.82, 2.24) is 41.9 Å². The Morgan fingerprint density at radius 1 is 0.618 bits per heavy atom. The molecule has 4 heterocycles. The summed E-state index contributed by atoms with van der Waals surface area (Å²) in [5, 5.41) is 17.2. The lowest BCUT2D eigenvalue weighted by atomic mass is 9.91. The van der Waals surface area contributed by atoms with E-state index in [1.54, 1.807) is 65.0 Å². The van der Waals surface area contributed by atoms with Crippen molar-refractivity contribution in [2.24, 2.45) is 0 Å². The number of rotatable bonds is 32. The fourth-order valence-electron chi connectivity index (χ4n) is 7.82. The number of epoxide rings is 2. The number of thiazole rings is 2. The van der Waals surface area contributed by atoms with Crippen molar-refractivity contribution in [1.29, 1.82) is 0 Å². The second-order valence-electron chi connectivity index (χ2n) is 18.7. The summed E-state index contributed by atoms with van der Waals surface area (Å²) >= 11 is 2.10. The topological polar surface area (TPSA) is 296 Å². The number of nitrogens with one attached hydrogen (secondary N) is 6. The van der Waals surface area contributed by atoms with Gasteiger partial charge in [-0.1, -0.05) is 60.7 Å². The molecule has 0 spiro atoms. The standard InChI is InChI=1S/C52H66N8O14S2.6H2/c1-8-71-26-38(47(65)55-34(43(61)51(5)28-73-51)19-32-15-11-9-12-16-32)58-46(64)37(25-70-7)59-50(68)41-23-54-42(76-41)21-52(29-74-52)44(62)35(20-33-17-13-10-14-18-33)56-45(63)36(24-69-6)57-48(66)39(27-72-30(2)3)60-49(67)40-22-53-31(4)75-40;;;;;;/h9-18,22-23,30,34-39H,8,19-21,24-29H2,1-7H3,(H,55,65)(H,56,63)(H,57,66)(H,58,64)(H,59,68)(H,60,67);6*1H/t34-,35-,36-,37-,38-,39-,51+,52+;;;;;;/m0....../s1. The van der Waals surface area contributed by atoms with Gasteiger partial charge in [-0.05, 0) is 58.6 Å². The third-order valence-electron chi connectivity index (χ3n) is 12.2. The molecular formula is C52H78N8O14S2. The molecule has 2 aliphatic heterocycles. The summed E-state index contributed by atoms with van der Waals surface area (Å²) < 4.78 is 33.1. The van der Waals surface area contributed by atoms with Crippen molar-refractivity contribution >= 4 is 69.7 Å². The molecule has 6 amide bonds. The van der Waals surface area contributed by atoms with E-state index in [-0.39, 0.29) is 95.7 Å². The van der Waals surface area contributed by atoms with Crippen molar-refractivity contribution in [2.75, 3.05) is 60.5 Å². The molecule has 0 saturated carbocycles. The van der Waals surface area contributed by atoms with Gasteiger partial charge in [-0.2, -0.15) is 0 Å². The normalized spacial score (nSPS) is 18.9. The Balaban J connectivity index is 0.0000109. The number of benzene rings is 2. The fourth-order valence-corrected chi connectivity index (χ4v) is 9.42. The molecule has 422 valence electrons. The van der Waals surface area contributed by atoms with Crippen LogP contribution >= 0.6 is 22.7 Å². The number of aromatic nitrogens is 2. The first kappa shape index (κ1) is 58.9. The number of carbonyl (C=O) groups is 8. The van der Waals surface area contributed by atoms with E-state index in [1.165, 1.54) is 26.6 Å². The summed E-state index contributed by atoms with van der Waals surface area (Å²) in [5.74, 6) is -5.00. The molecule has 2 aliphatic rings. The van der Waals surface area contributed by atoms with Gasteiger partial charge < -0.3 is 60.3 Å². The minimum Gasteiger partial charge on any atom is -0.382 e. The number of Topliss-reactive ketones (excluding diaryl/α,β-unsaturated/α-hetero) is 2. The molecule has 0 unspecified atom stereocenters. The number of amides is 6. The Labute approximate surface area is 457 Å². The molecule has 6 rings (SSSR count). The lowest BCUT2D eigenvalue weighted by Gasteiger charge is -2.26. The molecule has 0 bridgehead atoms. The maximum absolute atomic E-state index is 14.6. The Morgan fingerprint density at radius 3 is 1.51 bits per heavy atom. The van der Waals surface area contributed by atoms with E-state index in [9.17, 15) is 38.4 Å². The third-order valence-corrected chi connectivity index (χ3v) is 14.1. The molecule has 0 aliphatic carbocycles. The average molecular weight is 1100 g/mol. The van der Waals surface area contributed by atoms with Gasteiger partial charge in [0, 0.05) is 35.8 Å². The lowest BCUT2D eigenvalue weighted by molar-refractivity contribution is -0.135. The third kappa shape index (κ3) is 16.8. The number of methoxy groups -OCH3 is 2. The predicted octanol–water partition coefficient (Wildman–Crippen LogP) is 2.70. The number of ether oxygens (including phenoxy) is 6. The highest BCUT2D eigenvalue weighted by Crippen LogP contribution is 2.35. The Kier molecular flexibility index (Phi) is 21.4. The van der Waals surface area contributed by atoms with Crippen LogP contribution in [0.5, 0.6) is 0 Å². The first-order valence-corrected chi connectivity index (χ1v) is 26.3. The van der Waals surface area contributed by atoms with Crippen molar-refractivity contribution in [3.8, 4) is 0 Å². The van der Waals surface area contributed by atoms with Crippen LogP contribution in [0.4, 0.5) is 0 Å². The van der Waals surface area contributed by atoms with Crippen LogP contribution in [0.2, 0.25) is 0 Å². The van der Waals surface area contributed by atoms with E-state index in [1.807, 2.05) is 30.3 Å². The highest BCUT2D eigenvalue weighted by molar-refractivity contribution is 7.13. The predicted molar refractivity (Wildman–Crippen MR) is 290 cm³/mol. The monoisotopic (exact) mass is 1100 g/mol. The van der Waals surface area contributed by atoms with Gasteiger partial charge in [0.2, 0.25) is 23.6 Å². The van der Waals surface area contributed by atoms with E-state index in [0.717, 1.165) is 28.2 Å². The van der Waals surface area contributed by atoms with Crippen LogP contribution in [-0.4, -0.2) is 171 Å². The Hall–Kier alpha value is -6.38. The van der Waals surface area contributed by atoms with E-state index >= 15 is 0 Å². The first-order chi connectivity index (χ1) is 36.4. The van der Waals surface area contributed by atoms with Crippen LogP contribution in [0, 0.1) is 6.92 Å². The summed E-state index contributed by atoms with van der Waals surface area (Å²) in [4.78, 5) is 119. The highest BCUT2D eigenvalue weighted by atomic mass is 32.1. The molecule has 76 heavy (non-hydrogen) atoms. The number of hydrogen-bond acceptors (Lipinski definition) is 18. The van der Waals surface area contributed by atoms with Crippen molar-refractivity contribution < 1.29 is 75.3 Å². The molecule has 2 aromatic heterocycles. The summed E-state index contributed by atoms with van der Waals surface area (Å²) in [6.07, 6.45) is 2.55. The van der Waals surface area contributed by atoms with Crippen LogP contribution in [0.1, 0.15) is 76.7 Å². The Morgan fingerprint density at radius 2 is 1.07 bits per heavy atom. The van der Waals surface area contributed by atoms with Gasteiger partial charge in [-0.15, -0.1) is 22.7 Å². The average Bonchev–Trinajstić information content (AvgIpc) is 4.25. The summed E-state index contributed by atoms with van der Waals surface area (Å²) in [6, 6.07) is 10.8. The highest BCUT2D eigenvalue weighted by Gasteiger charge is 2.55. The first-order valence-electron chi connectivity index (χ1n) is 24.7. The largest absolute Gasteiger partial charge is 0.382 e. The van der Waals surface area contributed by atoms with Gasteiger partial charge >= 0.3 is 0 Å². The van der Waals surface area contributed by atoms with Crippen molar-refractivity contribution in [3.05, 3.63) is 104 Å². The van der Waals surface area contributed by atoms with Crippen molar-refractivity contribution in [3.63, 3.8) is 0 Å². The zero-order chi connectivity index (χ0) is 55.0. The van der Waals surface area contributed by atoms with Crippen LogP contribution < -0.4 is 31.9 Å². The zero-order valence-corrected chi connectivity index (χ0v) is 45.1. The van der Waals surface area contributed by atoms with Gasteiger partial charge in [-0.25, -0.2) is 9.97 Å². The molecule has 2 fully saturated rings. The lowest BCUT2D eigenvalue weighted by Crippen LogP contribution is -2.59. The molecule has 2 aromatic carbocycles. The molecule has 6 N–H and O–H groups in total. The minimum absolute atomic E-state index is 0. The SMILES string of the molecule is CCOC[C@H](NC(=O)[C@H](COC)NC(=O)c1cnc(C[C@]2(C(=O)[C@H](Cc3ccccc3)NC(=O)[C@H](COC)NC(=O)[C@H](COC(C)C)NC(=O)c3cnc(C)s3)CO2)s1)C(=O)N[C@@H](Cc1ccccc1)C(=O)[C@@]1(C)CO1.[HH].[HH].[HH].[HH].[HH].[HH].